The Balaban J connectivity index is 2.19. The molecule has 0 radical (unpaired) electrons. The number of aryl methyl sites for hydroxylation is 1. The molecule has 1 amide bonds. The first-order valence-electron chi connectivity index (χ1n) is 4.71. The third-order valence-electron chi connectivity index (χ3n) is 2.11. The molecule has 0 saturated carbocycles. The molecule has 1 aromatic heterocycles. The summed E-state index contributed by atoms with van der Waals surface area (Å²) in [6.07, 6.45) is 0. The average molecular weight is 271 g/mol. The Morgan fingerprint density at radius 2 is 2.06 bits per heavy atom. The van der Waals surface area contributed by atoms with E-state index in [4.69, 9.17) is 23.2 Å². The molecule has 17 heavy (non-hydrogen) atoms. The lowest BCUT2D eigenvalue weighted by atomic mass is 10.3. The molecule has 1 heterocycles. The molecular formula is C10H8Cl2N4O. The highest BCUT2D eigenvalue weighted by Crippen LogP contribution is 2.25. The number of H-pyrrole nitrogens is 1. The van der Waals surface area contributed by atoms with Crippen LogP contribution in [0, 0.1) is 6.92 Å². The fraction of sp³-hybridized carbons (Fsp3) is 0.100. The van der Waals surface area contributed by atoms with Crippen molar-refractivity contribution in [3.05, 3.63) is 39.6 Å². The van der Waals surface area contributed by atoms with Gasteiger partial charge in [-0.25, -0.2) is 0 Å². The van der Waals surface area contributed by atoms with Crippen LogP contribution in [0.25, 0.3) is 0 Å². The summed E-state index contributed by atoms with van der Waals surface area (Å²) in [7, 11) is 0. The summed E-state index contributed by atoms with van der Waals surface area (Å²) < 4.78 is 0. The van der Waals surface area contributed by atoms with Crippen molar-refractivity contribution in [3.63, 3.8) is 0 Å². The van der Waals surface area contributed by atoms with Crippen LogP contribution in [0.5, 0.6) is 0 Å². The van der Waals surface area contributed by atoms with E-state index < -0.39 is 0 Å². The maximum Gasteiger partial charge on any atom is 0.278 e. The van der Waals surface area contributed by atoms with Crippen molar-refractivity contribution in [2.24, 2.45) is 0 Å². The maximum absolute atomic E-state index is 11.8. The number of aromatic amines is 1. The summed E-state index contributed by atoms with van der Waals surface area (Å²) in [6, 6.07) is 4.83. The van der Waals surface area contributed by atoms with Crippen LogP contribution in [0.15, 0.2) is 18.2 Å². The van der Waals surface area contributed by atoms with Crippen LogP contribution >= 0.6 is 23.2 Å². The summed E-state index contributed by atoms with van der Waals surface area (Å²) in [5.74, 6) is -0.352. The van der Waals surface area contributed by atoms with Crippen molar-refractivity contribution < 1.29 is 4.79 Å². The van der Waals surface area contributed by atoms with E-state index in [9.17, 15) is 4.79 Å². The zero-order chi connectivity index (χ0) is 12.4. The van der Waals surface area contributed by atoms with Crippen LogP contribution in [-0.4, -0.2) is 21.3 Å². The second-order valence-electron chi connectivity index (χ2n) is 3.34. The fourth-order valence-corrected chi connectivity index (χ4v) is 1.56. The number of hydrogen-bond donors (Lipinski definition) is 2. The van der Waals surface area contributed by atoms with Crippen molar-refractivity contribution >= 4 is 34.8 Å². The van der Waals surface area contributed by atoms with Crippen LogP contribution in [0.2, 0.25) is 10.0 Å². The Morgan fingerprint density at radius 1 is 1.29 bits per heavy atom. The monoisotopic (exact) mass is 270 g/mol. The molecule has 0 aliphatic rings. The molecule has 1 aromatic carbocycles. The van der Waals surface area contributed by atoms with Gasteiger partial charge in [-0.15, -0.1) is 0 Å². The Morgan fingerprint density at radius 3 is 2.65 bits per heavy atom. The molecule has 7 heteroatoms. The molecule has 0 unspecified atom stereocenters. The highest BCUT2D eigenvalue weighted by Gasteiger charge is 2.13. The summed E-state index contributed by atoms with van der Waals surface area (Å²) >= 11 is 11.6. The minimum absolute atomic E-state index is 0.246. The normalized spacial score (nSPS) is 10.3. The number of nitrogens with zero attached hydrogens (tertiary/aromatic N) is 2. The van der Waals surface area contributed by atoms with Gasteiger partial charge in [-0.3, -0.25) is 4.79 Å². The first-order chi connectivity index (χ1) is 8.08. The number of benzene rings is 1. The Hall–Kier alpha value is -1.59. The first kappa shape index (κ1) is 11.9. The molecule has 0 aliphatic carbocycles. The summed E-state index contributed by atoms with van der Waals surface area (Å²) in [6.45, 7) is 1.69. The average Bonchev–Trinajstić information content (AvgIpc) is 2.70. The highest BCUT2D eigenvalue weighted by molar-refractivity contribution is 6.42. The lowest BCUT2D eigenvalue weighted by Gasteiger charge is -2.04. The van der Waals surface area contributed by atoms with E-state index in [-0.39, 0.29) is 11.6 Å². The Labute approximate surface area is 107 Å². The Kier molecular flexibility index (Phi) is 3.31. The van der Waals surface area contributed by atoms with Gasteiger partial charge in [-0.2, -0.15) is 15.4 Å². The Bertz CT molecular complexity index is 567. The lowest BCUT2D eigenvalue weighted by molar-refractivity contribution is 0.102. The predicted molar refractivity (Wildman–Crippen MR) is 65.5 cm³/mol. The van der Waals surface area contributed by atoms with Gasteiger partial charge in [-0.1, -0.05) is 23.2 Å². The number of hydrogen-bond acceptors (Lipinski definition) is 3. The summed E-state index contributed by atoms with van der Waals surface area (Å²) in [5, 5.41) is 13.3. The zero-order valence-electron chi connectivity index (χ0n) is 8.79. The largest absolute Gasteiger partial charge is 0.320 e. The molecule has 2 rings (SSSR count). The number of carbonyl (C=O) groups is 1. The molecule has 5 nitrogen and oxygen atoms in total. The molecule has 0 fully saturated rings. The fourth-order valence-electron chi connectivity index (χ4n) is 1.26. The third-order valence-corrected chi connectivity index (χ3v) is 2.85. The smallest absolute Gasteiger partial charge is 0.278 e. The number of nitrogens with one attached hydrogen (secondary N) is 2. The van der Waals surface area contributed by atoms with Gasteiger partial charge in [0.1, 0.15) is 0 Å². The molecule has 0 saturated heterocycles. The number of anilines is 1. The van der Waals surface area contributed by atoms with E-state index in [1.54, 1.807) is 25.1 Å². The van der Waals surface area contributed by atoms with Crippen LogP contribution in [0.3, 0.4) is 0 Å². The van der Waals surface area contributed by atoms with E-state index >= 15 is 0 Å². The van der Waals surface area contributed by atoms with E-state index in [1.807, 2.05) is 0 Å². The second-order valence-corrected chi connectivity index (χ2v) is 4.16. The van der Waals surface area contributed by atoms with Crippen LogP contribution in [0.4, 0.5) is 5.69 Å². The molecule has 88 valence electrons. The van der Waals surface area contributed by atoms with Crippen molar-refractivity contribution in [3.8, 4) is 0 Å². The van der Waals surface area contributed by atoms with Gasteiger partial charge in [0.25, 0.3) is 5.91 Å². The zero-order valence-corrected chi connectivity index (χ0v) is 10.3. The SMILES string of the molecule is Cc1n[nH]nc1C(=O)Nc1ccc(Cl)c(Cl)c1. The molecule has 0 atom stereocenters. The standard InChI is InChI=1S/C10H8Cl2N4O/c1-5-9(15-16-14-5)10(17)13-6-2-3-7(11)8(12)4-6/h2-4H,1H3,(H,13,17)(H,14,15,16). The molecule has 2 aromatic rings. The van der Waals surface area contributed by atoms with Gasteiger partial charge < -0.3 is 5.32 Å². The lowest BCUT2D eigenvalue weighted by Crippen LogP contribution is -2.13. The number of halogens is 2. The topological polar surface area (TPSA) is 70.7 Å². The van der Waals surface area contributed by atoms with Crippen molar-refractivity contribution in [2.75, 3.05) is 5.32 Å². The van der Waals surface area contributed by atoms with Gasteiger partial charge in [0.15, 0.2) is 5.69 Å². The summed E-state index contributed by atoms with van der Waals surface area (Å²) in [5.41, 5.74) is 1.32. The number of rotatable bonds is 2. The van der Waals surface area contributed by atoms with Crippen molar-refractivity contribution in [1.29, 1.82) is 0 Å². The summed E-state index contributed by atoms with van der Waals surface area (Å²) in [4.78, 5) is 11.8. The minimum Gasteiger partial charge on any atom is -0.320 e. The molecule has 2 N–H and O–H groups in total. The van der Waals surface area contributed by atoms with Gasteiger partial charge >= 0.3 is 0 Å². The van der Waals surface area contributed by atoms with Crippen molar-refractivity contribution in [2.45, 2.75) is 6.92 Å². The van der Waals surface area contributed by atoms with Gasteiger partial charge in [-0.05, 0) is 25.1 Å². The molecule has 0 bridgehead atoms. The van der Waals surface area contributed by atoms with Crippen molar-refractivity contribution in [1.82, 2.24) is 15.4 Å². The molecule has 0 spiro atoms. The third kappa shape index (κ3) is 2.57. The van der Waals surface area contributed by atoms with Crippen LogP contribution < -0.4 is 5.32 Å². The minimum atomic E-state index is -0.352. The molecule has 0 aliphatic heterocycles. The number of carbonyl (C=O) groups excluding carboxylic acids is 1. The number of amides is 1. The number of aromatic nitrogens is 3. The van der Waals surface area contributed by atoms with Gasteiger partial charge in [0.2, 0.25) is 0 Å². The highest BCUT2D eigenvalue weighted by atomic mass is 35.5. The van der Waals surface area contributed by atoms with E-state index in [1.165, 1.54) is 0 Å². The van der Waals surface area contributed by atoms with E-state index in [0.29, 0.717) is 21.4 Å². The second kappa shape index (κ2) is 4.73. The van der Waals surface area contributed by atoms with Crippen LogP contribution in [-0.2, 0) is 0 Å². The van der Waals surface area contributed by atoms with Gasteiger partial charge in [0, 0.05) is 5.69 Å². The quantitative estimate of drug-likeness (QED) is 0.882. The predicted octanol–water partition coefficient (Wildman–Crippen LogP) is 2.67. The van der Waals surface area contributed by atoms with Crippen LogP contribution in [0.1, 0.15) is 16.2 Å². The first-order valence-corrected chi connectivity index (χ1v) is 5.47. The van der Waals surface area contributed by atoms with E-state index in [2.05, 4.69) is 20.7 Å². The van der Waals surface area contributed by atoms with E-state index in [0.717, 1.165) is 0 Å². The van der Waals surface area contributed by atoms with Gasteiger partial charge in [0.05, 0.1) is 15.7 Å². The molecular weight excluding hydrogens is 263 g/mol. The maximum atomic E-state index is 11.8.